The minimum absolute atomic E-state index is 0.160. The smallest absolute Gasteiger partial charge is 0.182 e. The third kappa shape index (κ3) is 3.76. The number of hydrogen-bond donors (Lipinski definition) is 1. The van der Waals surface area contributed by atoms with Crippen molar-refractivity contribution in [1.29, 1.82) is 0 Å². The van der Waals surface area contributed by atoms with Crippen LogP contribution in [-0.4, -0.2) is 6.04 Å². The molecule has 2 aromatic carbocycles. The van der Waals surface area contributed by atoms with Gasteiger partial charge < -0.3 is 5.32 Å². The summed E-state index contributed by atoms with van der Waals surface area (Å²) in [6.07, 6.45) is 0.616. The van der Waals surface area contributed by atoms with Crippen LogP contribution in [0.2, 0.25) is 0 Å². The molecule has 0 saturated heterocycles. The molecule has 0 spiro atoms. The van der Waals surface area contributed by atoms with Gasteiger partial charge in [0.25, 0.3) is 0 Å². The van der Waals surface area contributed by atoms with Crippen molar-refractivity contribution in [3.63, 3.8) is 0 Å². The average molecular weight is 344 g/mol. The maximum Gasteiger partial charge on any atom is 0.182 e. The molecule has 106 valence electrons. The van der Waals surface area contributed by atoms with E-state index in [0.717, 1.165) is 16.1 Å². The molecule has 1 N–H and O–H groups in total. The van der Waals surface area contributed by atoms with Gasteiger partial charge in [0.2, 0.25) is 0 Å². The molecule has 0 radical (unpaired) electrons. The molecule has 2 rings (SSSR count). The maximum absolute atomic E-state index is 13.5. The second kappa shape index (κ2) is 6.31. The van der Waals surface area contributed by atoms with Gasteiger partial charge in [0, 0.05) is 22.6 Å². The zero-order valence-electron chi connectivity index (χ0n) is 10.8. The van der Waals surface area contributed by atoms with Gasteiger partial charge in [0.15, 0.2) is 11.6 Å². The summed E-state index contributed by atoms with van der Waals surface area (Å²) >= 11 is 3.34. The van der Waals surface area contributed by atoms with Crippen molar-refractivity contribution >= 4 is 21.6 Å². The fraction of sp³-hybridized carbons (Fsp3) is 0.200. The van der Waals surface area contributed by atoms with Crippen LogP contribution in [0.5, 0.6) is 0 Å². The normalized spacial score (nSPS) is 12.2. The molecule has 0 saturated carbocycles. The summed E-state index contributed by atoms with van der Waals surface area (Å²) in [6.45, 7) is 1.82. The molecule has 5 heteroatoms. The molecule has 1 unspecified atom stereocenters. The van der Waals surface area contributed by atoms with Crippen molar-refractivity contribution in [2.24, 2.45) is 0 Å². The lowest BCUT2D eigenvalue weighted by atomic mass is 10.1. The lowest BCUT2D eigenvalue weighted by Gasteiger charge is -2.16. The quantitative estimate of drug-likeness (QED) is 0.777. The van der Waals surface area contributed by atoms with Crippen LogP contribution in [0.15, 0.2) is 40.9 Å². The van der Waals surface area contributed by atoms with Crippen molar-refractivity contribution < 1.29 is 13.2 Å². The SMILES string of the molecule is CC(Cc1ccc(Br)cc1)Nc1cc(F)cc(F)c1F. The van der Waals surface area contributed by atoms with Gasteiger partial charge in [-0.1, -0.05) is 28.1 Å². The molecule has 0 aliphatic carbocycles. The molecule has 0 fully saturated rings. The van der Waals surface area contributed by atoms with E-state index in [0.29, 0.717) is 12.5 Å². The summed E-state index contributed by atoms with van der Waals surface area (Å²) in [5.74, 6) is -3.06. The summed E-state index contributed by atoms with van der Waals surface area (Å²) < 4.78 is 40.7. The Kier molecular flexibility index (Phi) is 4.70. The van der Waals surface area contributed by atoms with Gasteiger partial charge in [-0.15, -0.1) is 0 Å². The van der Waals surface area contributed by atoms with Crippen LogP contribution in [0.1, 0.15) is 12.5 Å². The Morgan fingerprint density at radius 1 is 1.10 bits per heavy atom. The van der Waals surface area contributed by atoms with Gasteiger partial charge in [-0.05, 0) is 31.0 Å². The van der Waals surface area contributed by atoms with Crippen LogP contribution in [0, 0.1) is 17.5 Å². The van der Waals surface area contributed by atoms with Crippen molar-refractivity contribution in [3.05, 3.63) is 63.9 Å². The van der Waals surface area contributed by atoms with Crippen LogP contribution in [0.3, 0.4) is 0 Å². The van der Waals surface area contributed by atoms with E-state index in [1.54, 1.807) is 0 Å². The van der Waals surface area contributed by atoms with E-state index >= 15 is 0 Å². The first kappa shape index (κ1) is 14.9. The molecule has 1 atom stereocenters. The van der Waals surface area contributed by atoms with E-state index in [9.17, 15) is 13.2 Å². The van der Waals surface area contributed by atoms with Gasteiger partial charge >= 0.3 is 0 Å². The number of halogens is 4. The van der Waals surface area contributed by atoms with E-state index in [-0.39, 0.29) is 11.7 Å². The van der Waals surface area contributed by atoms with E-state index in [2.05, 4.69) is 21.2 Å². The first-order valence-corrected chi connectivity index (χ1v) is 6.90. The van der Waals surface area contributed by atoms with Crippen LogP contribution in [0.25, 0.3) is 0 Å². The molecule has 0 aliphatic rings. The molecule has 2 aromatic rings. The molecule has 20 heavy (non-hydrogen) atoms. The summed E-state index contributed by atoms with van der Waals surface area (Å²) in [4.78, 5) is 0. The standard InChI is InChI=1S/C15H13BrF3N/c1-9(6-10-2-4-11(16)5-3-10)20-14-8-12(17)7-13(18)15(14)19/h2-5,7-9,20H,6H2,1H3. The molecule has 0 heterocycles. The summed E-state index contributed by atoms with van der Waals surface area (Å²) in [5.41, 5.74) is 0.887. The Morgan fingerprint density at radius 2 is 1.75 bits per heavy atom. The molecule has 0 aromatic heterocycles. The average Bonchev–Trinajstić information content (AvgIpc) is 2.38. The fourth-order valence-electron chi connectivity index (χ4n) is 1.95. The first-order chi connectivity index (χ1) is 9.45. The van der Waals surface area contributed by atoms with Gasteiger partial charge in [-0.3, -0.25) is 0 Å². The Bertz CT molecular complexity index is 599. The van der Waals surface area contributed by atoms with Gasteiger partial charge in [-0.25, -0.2) is 13.2 Å². The highest BCUT2D eigenvalue weighted by atomic mass is 79.9. The van der Waals surface area contributed by atoms with E-state index in [1.807, 2.05) is 31.2 Å². The molecular weight excluding hydrogens is 331 g/mol. The van der Waals surface area contributed by atoms with Crippen molar-refractivity contribution in [3.8, 4) is 0 Å². The molecule has 0 bridgehead atoms. The largest absolute Gasteiger partial charge is 0.380 e. The van der Waals surface area contributed by atoms with Crippen molar-refractivity contribution in [2.45, 2.75) is 19.4 Å². The third-order valence-corrected chi connectivity index (χ3v) is 3.38. The third-order valence-electron chi connectivity index (χ3n) is 2.85. The maximum atomic E-state index is 13.5. The van der Waals surface area contributed by atoms with Crippen molar-refractivity contribution in [1.82, 2.24) is 0 Å². The minimum Gasteiger partial charge on any atom is -0.380 e. The molecular formula is C15H13BrF3N. The zero-order chi connectivity index (χ0) is 14.7. The summed E-state index contributed by atoms with van der Waals surface area (Å²) in [6, 6.07) is 9.01. The fourth-order valence-corrected chi connectivity index (χ4v) is 2.22. The topological polar surface area (TPSA) is 12.0 Å². The Balaban J connectivity index is 2.08. The Morgan fingerprint density at radius 3 is 2.40 bits per heavy atom. The second-order valence-electron chi connectivity index (χ2n) is 4.63. The first-order valence-electron chi connectivity index (χ1n) is 6.11. The highest BCUT2D eigenvalue weighted by Gasteiger charge is 2.13. The Labute approximate surface area is 123 Å². The number of anilines is 1. The van der Waals surface area contributed by atoms with E-state index in [4.69, 9.17) is 0 Å². The zero-order valence-corrected chi connectivity index (χ0v) is 12.3. The van der Waals surface area contributed by atoms with Crippen LogP contribution in [0.4, 0.5) is 18.9 Å². The van der Waals surface area contributed by atoms with Gasteiger partial charge in [-0.2, -0.15) is 0 Å². The molecule has 0 aliphatic heterocycles. The number of rotatable bonds is 4. The number of hydrogen-bond acceptors (Lipinski definition) is 1. The minimum atomic E-state index is -1.19. The highest BCUT2D eigenvalue weighted by Crippen LogP contribution is 2.21. The monoisotopic (exact) mass is 343 g/mol. The van der Waals surface area contributed by atoms with Gasteiger partial charge in [0.05, 0.1) is 5.69 Å². The lowest BCUT2D eigenvalue weighted by Crippen LogP contribution is -2.19. The van der Waals surface area contributed by atoms with E-state index < -0.39 is 17.5 Å². The Hall–Kier alpha value is -1.49. The van der Waals surface area contributed by atoms with Crippen molar-refractivity contribution in [2.75, 3.05) is 5.32 Å². The highest BCUT2D eigenvalue weighted by molar-refractivity contribution is 9.10. The molecule has 1 nitrogen and oxygen atoms in total. The lowest BCUT2D eigenvalue weighted by molar-refractivity contribution is 0.496. The molecule has 0 amide bonds. The van der Waals surface area contributed by atoms with Crippen LogP contribution >= 0.6 is 15.9 Å². The number of benzene rings is 2. The summed E-state index contributed by atoms with van der Waals surface area (Å²) in [5, 5.41) is 2.79. The second-order valence-corrected chi connectivity index (χ2v) is 5.54. The predicted octanol–water partition coefficient (Wildman–Crippen LogP) is 4.91. The van der Waals surface area contributed by atoms with Gasteiger partial charge in [0.1, 0.15) is 5.82 Å². The summed E-state index contributed by atoms with van der Waals surface area (Å²) in [7, 11) is 0. The van der Waals surface area contributed by atoms with E-state index in [1.165, 1.54) is 0 Å². The predicted molar refractivity (Wildman–Crippen MR) is 77.2 cm³/mol. The van der Waals surface area contributed by atoms with Crippen LogP contribution in [-0.2, 0) is 6.42 Å². The van der Waals surface area contributed by atoms with Crippen LogP contribution < -0.4 is 5.32 Å². The number of nitrogens with one attached hydrogen (secondary N) is 1.